The van der Waals surface area contributed by atoms with Crippen LogP contribution in [-0.4, -0.2) is 23.1 Å². The molecule has 0 heterocycles. The quantitative estimate of drug-likeness (QED) is 0.0539. The molecule has 0 amide bonds. The predicted octanol–water partition coefficient (Wildman–Crippen LogP) is 11.4. The molecule has 1 N–H and O–H groups in total. The number of allylic oxidation sites excluding steroid dienone is 6. The van der Waals surface area contributed by atoms with Crippen LogP contribution in [0.2, 0.25) is 0 Å². The van der Waals surface area contributed by atoms with Crippen LogP contribution in [0, 0.1) is 0 Å². The minimum absolute atomic E-state index is 0.0773. The minimum Gasteiger partial charge on any atom is -0.481 e. The lowest BCUT2D eigenvalue weighted by molar-refractivity contribution is -0.153. The Morgan fingerprint density at radius 3 is 1.62 bits per heavy atom. The van der Waals surface area contributed by atoms with Gasteiger partial charge in [0.15, 0.2) is 0 Å². The number of esters is 1. The Balaban J connectivity index is 3.70. The van der Waals surface area contributed by atoms with Gasteiger partial charge in [-0.05, 0) is 51.4 Å². The summed E-state index contributed by atoms with van der Waals surface area (Å²) in [5, 5.41) is 9.21. The van der Waals surface area contributed by atoms with Crippen molar-refractivity contribution in [2.75, 3.05) is 0 Å². The number of hydrogen-bond acceptors (Lipinski definition) is 3. The smallest absolute Gasteiger partial charge is 0.307 e. The van der Waals surface area contributed by atoms with Gasteiger partial charge in [0.05, 0.1) is 6.42 Å². The third kappa shape index (κ3) is 30.7. The maximum absolute atomic E-state index is 12.3. The number of carboxylic acids is 1. The summed E-state index contributed by atoms with van der Waals surface area (Å²) < 4.78 is 5.55. The second kappa shape index (κ2) is 31.7. The first-order valence-electron chi connectivity index (χ1n) is 17.0. The number of unbranched alkanes of at least 4 members (excludes halogenated alkanes) is 17. The Hall–Kier alpha value is -1.84. The van der Waals surface area contributed by atoms with Gasteiger partial charge in [0.25, 0.3) is 0 Å². The van der Waals surface area contributed by atoms with Crippen LogP contribution in [0.5, 0.6) is 0 Å². The summed E-state index contributed by atoms with van der Waals surface area (Å²) in [4.78, 5) is 23.5. The molecule has 0 rings (SSSR count). The number of rotatable bonds is 30. The van der Waals surface area contributed by atoms with Gasteiger partial charge in [-0.25, -0.2) is 0 Å². The van der Waals surface area contributed by atoms with Crippen molar-refractivity contribution in [2.45, 2.75) is 180 Å². The number of carbonyl (C=O) groups is 2. The van der Waals surface area contributed by atoms with Gasteiger partial charge in [-0.15, -0.1) is 0 Å². The van der Waals surface area contributed by atoms with Crippen LogP contribution in [-0.2, 0) is 14.3 Å². The highest BCUT2D eigenvalue weighted by Gasteiger charge is 2.17. The Morgan fingerprint density at radius 1 is 0.600 bits per heavy atom. The van der Waals surface area contributed by atoms with Crippen LogP contribution < -0.4 is 0 Å². The van der Waals surface area contributed by atoms with Gasteiger partial charge in [-0.1, -0.05) is 147 Å². The molecule has 0 spiro atoms. The maximum Gasteiger partial charge on any atom is 0.307 e. The fourth-order valence-electron chi connectivity index (χ4n) is 4.92. The van der Waals surface area contributed by atoms with Gasteiger partial charge >= 0.3 is 11.9 Å². The van der Waals surface area contributed by atoms with Crippen LogP contribution >= 0.6 is 0 Å². The summed E-state index contributed by atoms with van der Waals surface area (Å²) in [6.07, 6.45) is 40.1. The lowest BCUT2D eigenvalue weighted by Crippen LogP contribution is -2.21. The molecule has 4 nitrogen and oxygen atoms in total. The maximum atomic E-state index is 12.3. The number of aliphatic carboxylic acids is 1. The standard InChI is InChI=1S/C36H64O4/c1-3-5-7-9-11-13-15-16-17-18-19-20-22-24-26-28-30-32-36(39)40-34(33-35(37)38)31-29-27-25-23-21-14-12-10-8-6-4-2/h5,7,11,13,16-17,34H,3-4,6,8-10,12,14-15,18-33H2,1-2H3,(H,37,38)/b7-5-,13-11-,17-16-. The Morgan fingerprint density at radius 2 is 1.07 bits per heavy atom. The van der Waals surface area contributed by atoms with Gasteiger partial charge in [-0.2, -0.15) is 0 Å². The van der Waals surface area contributed by atoms with Crippen molar-refractivity contribution in [1.82, 2.24) is 0 Å². The molecule has 0 aliphatic rings. The number of ether oxygens (including phenoxy) is 1. The van der Waals surface area contributed by atoms with Gasteiger partial charge in [0, 0.05) is 6.42 Å². The van der Waals surface area contributed by atoms with Gasteiger partial charge in [0.2, 0.25) is 0 Å². The molecule has 40 heavy (non-hydrogen) atoms. The molecule has 0 fully saturated rings. The van der Waals surface area contributed by atoms with Crippen LogP contribution in [0.15, 0.2) is 36.5 Å². The lowest BCUT2D eigenvalue weighted by Gasteiger charge is -2.16. The van der Waals surface area contributed by atoms with E-state index in [9.17, 15) is 14.7 Å². The normalized spacial score (nSPS) is 12.7. The summed E-state index contributed by atoms with van der Waals surface area (Å²) >= 11 is 0. The molecule has 4 heteroatoms. The fourth-order valence-corrected chi connectivity index (χ4v) is 4.92. The Labute approximate surface area is 248 Å². The third-order valence-electron chi connectivity index (χ3n) is 7.36. The second-order valence-corrected chi connectivity index (χ2v) is 11.3. The molecule has 0 aromatic carbocycles. The van der Waals surface area contributed by atoms with E-state index in [4.69, 9.17) is 4.74 Å². The minimum atomic E-state index is -0.885. The summed E-state index contributed by atoms with van der Waals surface area (Å²) in [6, 6.07) is 0. The first-order chi connectivity index (χ1) is 19.6. The van der Waals surface area contributed by atoms with Crippen LogP contribution in [0.25, 0.3) is 0 Å². The van der Waals surface area contributed by atoms with E-state index >= 15 is 0 Å². The van der Waals surface area contributed by atoms with E-state index in [1.165, 1.54) is 83.5 Å². The molecule has 0 aromatic rings. The molecule has 0 saturated carbocycles. The first-order valence-corrected chi connectivity index (χ1v) is 17.0. The second-order valence-electron chi connectivity index (χ2n) is 11.3. The van der Waals surface area contributed by atoms with Crippen LogP contribution in [0.1, 0.15) is 174 Å². The molecule has 1 atom stereocenters. The van der Waals surface area contributed by atoms with Gasteiger partial charge < -0.3 is 9.84 Å². The molecule has 0 aliphatic heterocycles. The van der Waals surface area contributed by atoms with E-state index in [2.05, 4.69) is 50.3 Å². The topological polar surface area (TPSA) is 63.6 Å². The van der Waals surface area contributed by atoms with Crippen molar-refractivity contribution in [1.29, 1.82) is 0 Å². The van der Waals surface area contributed by atoms with E-state index in [0.717, 1.165) is 57.8 Å². The summed E-state index contributed by atoms with van der Waals surface area (Å²) in [6.45, 7) is 4.41. The summed E-state index contributed by atoms with van der Waals surface area (Å²) in [5.74, 6) is -1.11. The van der Waals surface area contributed by atoms with Crippen molar-refractivity contribution in [3.05, 3.63) is 36.5 Å². The molecule has 0 aliphatic carbocycles. The summed E-state index contributed by atoms with van der Waals surface area (Å²) in [7, 11) is 0. The Kier molecular flexibility index (Phi) is 30.2. The lowest BCUT2D eigenvalue weighted by atomic mass is 10.0. The van der Waals surface area contributed by atoms with Gasteiger partial charge in [-0.3, -0.25) is 9.59 Å². The highest BCUT2D eigenvalue weighted by atomic mass is 16.5. The number of carboxylic acid groups (broad SMARTS) is 1. The van der Waals surface area contributed by atoms with Crippen LogP contribution in [0.3, 0.4) is 0 Å². The molecule has 1 unspecified atom stereocenters. The SMILES string of the molecule is CC/C=C\C/C=C\C/C=C\CCCCCCCCCC(=O)OC(CCCCCCCCCCCCC)CC(=O)O. The molecule has 0 saturated heterocycles. The average Bonchev–Trinajstić information content (AvgIpc) is 2.93. The zero-order valence-electron chi connectivity index (χ0n) is 26.4. The molecular weight excluding hydrogens is 496 g/mol. The third-order valence-corrected chi connectivity index (χ3v) is 7.36. The molecule has 0 bridgehead atoms. The highest BCUT2D eigenvalue weighted by Crippen LogP contribution is 2.16. The van der Waals surface area contributed by atoms with E-state index in [0.29, 0.717) is 12.8 Å². The van der Waals surface area contributed by atoms with E-state index in [1.807, 2.05) is 0 Å². The monoisotopic (exact) mass is 560 g/mol. The van der Waals surface area contributed by atoms with Crippen molar-refractivity contribution in [3.63, 3.8) is 0 Å². The zero-order valence-corrected chi connectivity index (χ0v) is 26.4. The Bertz CT molecular complexity index is 649. The molecule has 232 valence electrons. The van der Waals surface area contributed by atoms with Crippen molar-refractivity contribution < 1.29 is 19.4 Å². The van der Waals surface area contributed by atoms with E-state index in [-0.39, 0.29) is 12.4 Å². The number of hydrogen-bond donors (Lipinski definition) is 1. The predicted molar refractivity (Wildman–Crippen MR) is 172 cm³/mol. The number of carbonyl (C=O) groups excluding carboxylic acids is 1. The van der Waals surface area contributed by atoms with Crippen LogP contribution in [0.4, 0.5) is 0 Å². The molecule has 0 radical (unpaired) electrons. The van der Waals surface area contributed by atoms with E-state index in [1.54, 1.807) is 0 Å². The molecular formula is C36H64O4. The largest absolute Gasteiger partial charge is 0.481 e. The van der Waals surface area contributed by atoms with Gasteiger partial charge in [0.1, 0.15) is 6.10 Å². The fraction of sp³-hybridized carbons (Fsp3) is 0.778. The first kappa shape index (κ1) is 38.2. The van der Waals surface area contributed by atoms with Crippen molar-refractivity contribution in [3.8, 4) is 0 Å². The van der Waals surface area contributed by atoms with Crippen molar-refractivity contribution in [2.24, 2.45) is 0 Å². The summed E-state index contributed by atoms with van der Waals surface area (Å²) in [5.41, 5.74) is 0. The molecule has 0 aromatic heterocycles. The average molecular weight is 561 g/mol. The highest BCUT2D eigenvalue weighted by molar-refractivity contribution is 5.71. The van der Waals surface area contributed by atoms with Crippen molar-refractivity contribution >= 4 is 11.9 Å². The van der Waals surface area contributed by atoms with E-state index < -0.39 is 12.1 Å². The zero-order chi connectivity index (χ0) is 29.4.